The molecule has 0 spiro atoms. The topological polar surface area (TPSA) is 72.6 Å². The Morgan fingerprint density at radius 2 is 2.28 bits per heavy atom. The Hall–Kier alpha value is -1.99. The number of aliphatic hydroxyl groups excluding tert-OH is 1. The van der Waals surface area contributed by atoms with Crippen LogP contribution in [0.15, 0.2) is 24.3 Å². The number of carbonyl (C=O) groups excluding carboxylic acids is 1. The van der Waals surface area contributed by atoms with Crippen molar-refractivity contribution in [2.24, 2.45) is 5.73 Å². The number of carbonyl (C=O) groups is 1. The molecule has 0 atom stereocenters. The molecule has 0 bridgehead atoms. The van der Waals surface area contributed by atoms with Crippen molar-refractivity contribution in [1.29, 1.82) is 0 Å². The first-order chi connectivity index (χ1) is 8.72. The average molecular weight is 247 g/mol. The fourth-order valence-corrected chi connectivity index (χ4v) is 1.41. The van der Waals surface area contributed by atoms with Crippen LogP contribution in [0.2, 0.25) is 0 Å². The van der Waals surface area contributed by atoms with E-state index < -0.39 is 6.09 Å². The van der Waals surface area contributed by atoms with Gasteiger partial charge in [-0.25, -0.2) is 4.79 Å². The van der Waals surface area contributed by atoms with Crippen LogP contribution in [0.3, 0.4) is 0 Å². The van der Waals surface area contributed by atoms with E-state index in [-0.39, 0.29) is 13.2 Å². The number of nitrogens with two attached hydrogens (primary N) is 1. The first kappa shape index (κ1) is 14.1. The highest BCUT2D eigenvalue weighted by molar-refractivity contribution is 5.64. The second-order valence-electron chi connectivity index (χ2n) is 3.75. The summed E-state index contributed by atoms with van der Waals surface area (Å²) in [7, 11) is 0. The van der Waals surface area contributed by atoms with Crippen LogP contribution in [0.4, 0.5) is 4.79 Å². The molecule has 0 radical (unpaired) electrons. The molecular formula is C14H17NO3. The Labute approximate surface area is 107 Å². The summed E-state index contributed by atoms with van der Waals surface area (Å²) in [6.45, 7) is 0.440. The van der Waals surface area contributed by atoms with Crippen LogP contribution in [0, 0.1) is 11.8 Å². The molecule has 0 saturated carbocycles. The van der Waals surface area contributed by atoms with E-state index in [1.807, 2.05) is 24.3 Å². The third kappa shape index (κ3) is 5.92. The predicted molar refractivity (Wildman–Crippen MR) is 68.9 cm³/mol. The van der Waals surface area contributed by atoms with Crippen LogP contribution in [0.25, 0.3) is 0 Å². The standard InChI is InChI=1S/C14H17NO3/c15-14(17)18-10-8-13-7-4-6-12(11-13)5-2-1-3-9-16/h4,6-7,11,16H,1,3,8-10H2,(H2,15,17). The maximum absolute atomic E-state index is 10.4. The molecule has 0 saturated heterocycles. The first-order valence-electron chi connectivity index (χ1n) is 5.83. The van der Waals surface area contributed by atoms with E-state index in [1.165, 1.54) is 0 Å². The molecule has 4 nitrogen and oxygen atoms in total. The summed E-state index contributed by atoms with van der Waals surface area (Å²) >= 11 is 0. The van der Waals surface area contributed by atoms with E-state index >= 15 is 0 Å². The van der Waals surface area contributed by atoms with E-state index in [0.29, 0.717) is 19.3 Å². The minimum atomic E-state index is -0.755. The van der Waals surface area contributed by atoms with E-state index in [1.54, 1.807) is 0 Å². The van der Waals surface area contributed by atoms with Gasteiger partial charge in [0, 0.05) is 25.0 Å². The summed E-state index contributed by atoms with van der Waals surface area (Å²) in [6, 6.07) is 7.74. The van der Waals surface area contributed by atoms with Crippen molar-refractivity contribution in [2.45, 2.75) is 19.3 Å². The molecule has 18 heavy (non-hydrogen) atoms. The lowest BCUT2D eigenvalue weighted by Crippen LogP contribution is -2.14. The van der Waals surface area contributed by atoms with Crippen molar-refractivity contribution in [3.05, 3.63) is 35.4 Å². The van der Waals surface area contributed by atoms with Gasteiger partial charge in [0.1, 0.15) is 0 Å². The van der Waals surface area contributed by atoms with Crippen LogP contribution in [-0.4, -0.2) is 24.4 Å². The molecule has 0 aliphatic carbocycles. The fraction of sp³-hybridized carbons (Fsp3) is 0.357. The monoisotopic (exact) mass is 247 g/mol. The zero-order valence-electron chi connectivity index (χ0n) is 10.2. The number of rotatable bonds is 5. The number of primary amides is 1. The van der Waals surface area contributed by atoms with Crippen LogP contribution in [0.1, 0.15) is 24.0 Å². The van der Waals surface area contributed by atoms with Crippen molar-refractivity contribution < 1.29 is 14.6 Å². The molecule has 3 N–H and O–H groups in total. The van der Waals surface area contributed by atoms with Crippen LogP contribution < -0.4 is 5.73 Å². The second-order valence-corrected chi connectivity index (χ2v) is 3.75. The highest BCUT2D eigenvalue weighted by Crippen LogP contribution is 2.05. The van der Waals surface area contributed by atoms with Gasteiger partial charge in [0.05, 0.1) is 6.61 Å². The maximum atomic E-state index is 10.4. The Balaban J connectivity index is 2.50. The summed E-state index contributed by atoms with van der Waals surface area (Å²) in [5.41, 5.74) is 6.84. The van der Waals surface area contributed by atoms with Crippen molar-refractivity contribution in [1.82, 2.24) is 0 Å². The van der Waals surface area contributed by atoms with Crippen molar-refractivity contribution in [3.8, 4) is 11.8 Å². The second kappa shape index (κ2) is 8.15. The third-order valence-electron chi connectivity index (χ3n) is 2.25. The van der Waals surface area contributed by atoms with E-state index in [9.17, 15) is 4.79 Å². The van der Waals surface area contributed by atoms with Gasteiger partial charge in [-0.1, -0.05) is 24.0 Å². The zero-order valence-corrected chi connectivity index (χ0v) is 10.2. The lowest BCUT2D eigenvalue weighted by Gasteiger charge is -2.02. The molecule has 0 aliphatic heterocycles. The largest absolute Gasteiger partial charge is 0.449 e. The number of hydrogen-bond acceptors (Lipinski definition) is 3. The normalized spacial score (nSPS) is 9.39. The molecule has 0 fully saturated rings. The van der Waals surface area contributed by atoms with Gasteiger partial charge in [0.25, 0.3) is 0 Å². The minimum Gasteiger partial charge on any atom is -0.449 e. The van der Waals surface area contributed by atoms with Gasteiger partial charge in [-0.3, -0.25) is 0 Å². The smallest absolute Gasteiger partial charge is 0.404 e. The Bertz CT molecular complexity index is 446. The lowest BCUT2D eigenvalue weighted by molar-refractivity contribution is 0.158. The molecular weight excluding hydrogens is 230 g/mol. The van der Waals surface area contributed by atoms with Crippen molar-refractivity contribution in [2.75, 3.05) is 13.2 Å². The minimum absolute atomic E-state index is 0.166. The highest BCUT2D eigenvalue weighted by Gasteiger charge is 1.97. The van der Waals surface area contributed by atoms with Gasteiger partial charge in [-0.05, 0) is 24.1 Å². The Kier molecular flexibility index (Phi) is 6.37. The van der Waals surface area contributed by atoms with E-state index in [0.717, 1.165) is 11.1 Å². The number of benzene rings is 1. The number of ether oxygens (including phenoxy) is 1. The fourth-order valence-electron chi connectivity index (χ4n) is 1.41. The molecule has 96 valence electrons. The zero-order chi connectivity index (χ0) is 13.2. The first-order valence-corrected chi connectivity index (χ1v) is 5.83. The Morgan fingerprint density at radius 3 is 3.00 bits per heavy atom. The summed E-state index contributed by atoms with van der Waals surface area (Å²) in [5.74, 6) is 6.01. The van der Waals surface area contributed by atoms with Gasteiger partial charge in [0.2, 0.25) is 0 Å². The summed E-state index contributed by atoms with van der Waals surface area (Å²) in [5, 5.41) is 8.63. The SMILES string of the molecule is NC(=O)OCCc1cccc(C#CCCCO)c1. The van der Waals surface area contributed by atoms with E-state index in [2.05, 4.69) is 16.6 Å². The molecule has 1 rings (SSSR count). The number of hydrogen-bond donors (Lipinski definition) is 2. The third-order valence-corrected chi connectivity index (χ3v) is 2.25. The summed E-state index contributed by atoms with van der Waals surface area (Å²) < 4.78 is 4.67. The predicted octanol–water partition coefficient (Wildman–Crippen LogP) is 1.45. The summed E-state index contributed by atoms with van der Waals surface area (Å²) in [4.78, 5) is 10.4. The molecule has 4 heteroatoms. The van der Waals surface area contributed by atoms with Crippen molar-refractivity contribution >= 4 is 6.09 Å². The number of amides is 1. The van der Waals surface area contributed by atoms with Crippen LogP contribution in [-0.2, 0) is 11.2 Å². The molecule has 0 aromatic heterocycles. The van der Waals surface area contributed by atoms with Crippen LogP contribution in [0.5, 0.6) is 0 Å². The Morgan fingerprint density at radius 1 is 1.44 bits per heavy atom. The highest BCUT2D eigenvalue weighted by atomic mass is 16.5. The lowest BCUT2D eigenvalue weighted by atomic mass is 10.1. The molecule has 1 aromatic carbocycles. The quantitative estimate of drug-likeness (QED) is 0.611. The molecule has 0 unspecified atom stereocenters. The van der Waals surface area contributed by atoms with Gasteiger partial charge < -0.3 is 15.6 Å². The maximum Gasteiger partial charge on any atom is 0.404 e. The molecule has 1 aromatic rings. The molecule has 0 heterocycles. The van der Waals surface area contributed by atoms with E-state index in [4.69, 9.17) is 10.8 Å². The van der Waals surface area contributed by atoms with Crippen LogP contribution >= 0.6 is 0 Å². The molecule has 1 amide bonds. The van der Waals surface area contributed by atoms with Gasteiger partial charge in [-0.2, -0.15) is 0 Å². The number of aliphatic hydroxyl groups is 1. The van der Waals surface area contributed by atoms with Gasteiger partial charge >= 0.3 is 6.09 Å². The van der Waals surface area contributed by atoms with Crippen molar-refractivity contribution in [3.63, 3.8) is 0 Å². The number of unbranched alkanes of at least 4 members (excludes halogenated alkanes) is 1. The van der Waals surface area contributed by atoms with Gasteiger partial charge in [0.15, 0.2) is 0 Å². The molecule has 0 aliphatic rings. The average Bonchev–Trinajstić information content (AvgIpc) is 2.35. The summed E-state index contributed by atoms with van der Waals surface area (Å²) in [6.07, 6.45) is 1.25. The van der Waals surface area contributed by atoms with Gasteiger partial charge in [-0.15, -0.1) is 0 Å².